The summed E-state index contributed by atoms with van der Waals surface area (Å²) < 4.78 is 0. The first-order chi connectivity index (χ1) is 26.1. The Kier molecular flexibility index (Phi) is 12.2. The number of nitrogens with zero attached hydrogens (tertiary/aromatic N) is 1. The minimum atomic E-state index is -1.15. The molecule has 0 radical (unpaired) electrons. The molecule has 54 heavy (non-hydrogen) atoms. The lowest BCUT2D eigenvalue weighted by atomic mass is 10.0. The van der Waals surface area contributed by atoms with Gasteiger partial charge >= 0.3 is 5.97 Å². The molecule has 0 bridgehead atoms. The molecule has 0 saturated carbocycles. The first-order valence-electron chi connectivity index (χ1n) is 17.6. The maximum absolute atomic E-state index is 13.1. The number of fused-ring (bicyclic) bond motifs is 2. The number of halogens is 2. The highest BCUT2D eigenvalue weighted by Gasteiger charge is 2.24. The number of rotatable bonds is 9. The van der Waals surface area contributed by atoms with Crippen molar-refractivity contribution < 1.29 is 24.3 Å². The Labute approximate surface area is 322 Å². The van der Waals surface area contributed by atoms with Crippen LogP contribution in [-0.4, -0.2) is 59.4 Å². The third-order valence-electron chi connectivity index (χ3n) is 9.41. The van der Waals surface area contributed by atoms with E-state index in [9.17, 15) is 24.3 Å². The van der Waals surface area contributed by atoms with Crippen LogP contribution in [0.1, 0.15) is 61.2 Å². The van der Waals surface area contributed by atoms with Crippen LogP contribution in [0.2, 0.25) is 10.0 Å². The lowest BCUT2D eigenvalue weighted by Gasteiger charge is -2.23. The van der Waals surface area contributed by atoms with Gasteiger partial charge in [0.15, 0.2) is 0 Å². The van der Waals surface area contributed by atoms with Crippen molar-refractivity contribution in [2.24, 2.45) is 0 Å². The highest BCUT2D eigenvalue weighted by atomic mass is 35.5. The summed E-state index contributed by atoms with van der Waals surface area (Å²) in [5, 5.41) is 22.2. The number of aromatic carboxylic acids is 1. The molecule has 0 aliphatic carbocycles. The molecule has 0 aromatic heterocycles. The van der Waals surface area contributed by atoms with E-state index in [-0.39, 0.29) is 29.0 Å². The number of carboxylic acid groups (broad SMARTS) is 1. The number of hydrogen-bond acceptors (Lipinski definition) is 5. The van der Waals surface area contributed by atoms with E-state index < -0.39 is 5.97 Å². The van der Waals surface area contributed by atoms with Crippen molar-refractivity contribution in [3.05, 3.63) is 154 Å². The molecule has 274 valence electrons. The first-order valence-corrected chi connectivity index (χ1v) is 18.3. The van der Waals surface area contributed by atoms with Crippen molar-refractivity contribution >= 4 is 79.8 Å². The molecule has 1 heterocycles. The van der Waals surface area contributed by atoms with Crippen molar-refractivity contribution in [1.82, 2.24) is 10.2 Å². The fourth-order valence-electron chi connectivity index (χ4n) is 6.69. The molecule has 1 aliphatic heterocycles. The SMILES string of the molecule is CCN1CCCC1CNC(=O)c1cc(Cl)ccc1NC(=O)c1cccc2ccccc12.O=C(O)c1cc(Cl)ccc1NC(=O)c1cccc2ccccc12. The number of carboxylic acids is 1. The number of carbonyl (C=O) groups excluding carboxylic acids is 3. The van der Waals surface area contributed by atoms with Crippen molar-refractivity contribution in [3.8, 4) is 0 Å². The van der Waals surface area contributed by atoms with Gasteiger partial charge in [0, 0.05) is 33.8 Å². The highest BCUT2D eigenvalue weighted by molar-refractivity contribution is 6.31. The summed E-state index contributed by atoms with van der Waals surface area (Å²) in [4.78, 5) is 52.2. The Balaban J connectivity index is 0.000000193. The number of carbonyl (C=O) groups is 4. The average molecular weight is 762 g/mol. The van der Waals surface area contributed by atoms with Crippen LogP contribution >= 0.6 is 23.2 Å². The van der Waals surface area contributed by atoms with E-state index in [0.29, 0.717) is 45.0 Å². The topological polar surface area (TPSA) is 128 Å². The lowest BCUT2D eigenvalue weighted by Crippen LogP contribution is -2.40. The zero-order valence-electron chi connectivity index (χ0n) is 29.4. The Bertz CT molecular complexity index is 2350. The number of benzene rings is 6. The van der Waals surface area contributed by atoms with Crippen LogP contribution in [0.3, 0.4) is 0 Å². The van der Waals surface area contributed by atoms with Crippen LogP contribution in [0.4, 0.5) is 11.4 Å². The molecule has 11 heteroatoms. The monoisotopic (exact) mass is 760 g/mol. The van der Waals surface area contributed by atoms with Crippen molar-refractivity contribution in [1.29, 1.82) is 0 Å². The lowest BCUT2D eigenvalue weighted by molar-refractivity contribution is 0.0697. The molecule has 3 amide bonds. The summed E-state index contributed by atoms with van der Waals surface area (Å²) in [6.07, 6.45) is 2.23. The molecule has 1 aliphatic rings. The molecule has 1 saturated heterocycles. The normalized spacial score (nSPS) is 13.9. The maximum Gasteiger partial charge on any atom is 0.337 e. The van der Waals surface area contributed by atoms with Gasteiger partial charge in [0.2, 0.25) is 0 Å². The van der Waals surface area contributed by atoms with Gasteiger partial charge in [-0.15, -0.1) is 0 Å². The summed E-state index contributed by atoms with van der Waals surface area (Å²) in [7, 11) is 0. The van der Waals surface area contributed by atoms with Gasteiger partial charge in [-0.1, -0.05) is 103 Å². The Morgan fingerprint density at radius 1 is 0.648 bits per heavy atom. The number of likely N-dealkylation sites (N-methyl/N-ethyl adjacent to an activating group) is 1. The van der Waals surface area contributed by atoms with Gasteiger partial charge < -0.3 is 21.1 Å². The van der Waals surface area contributed by atoms with E-state index in [0.717, 1.165) is 47.5 Å². The van der Waals surface area contributed by atoms with Gasteiger partial charge in [-0.2, -0.15) is 0 Å². The summed E-state index contributed by atoms with van der Waals surface area (Å²) >= 11 is 12.0. The molecule has 9 nitrogen and oxygen atoms in total. The molecule has 4 N–H and O–H groups in total. The minimum absolute atomic E-state index is 0.0499. The van der Waals surface area contributed by atoms with Crippen molar-refractivity contribution in [2.75, 3.05) is 30.3 Å². The van der Waals surface area contributed by atoms with Crippen LogP contribution in [0.25, 0.3) is 21.5 Å². The highest BCUT2D eigenvalue weighted by Crippen LogP contribution is 2.26. The van der Waals surface area contributed by atoms with E-state index in [1.54, 1.807) is 36.4 Å². The predicted octanol–water partition coefficient (Wildman–Crippen LogP) is 9.40. The summed E-state index contributed by atoms with van der Waals surface area (Å²) in [6.45, 7) is 4.76. The zero-order valence-corrected chi connectivity index (χ0v) is 31.0. The fraction of sp³-hybridized carbons (Fsp3) is 0.163. The van der Waals surface area contributed by atoms with E-state index in [2.05, 4.69) is 27.8 Å². The minimum Gasteiger partial charge on any atom is -0.478 e. The largest absolute Gasteiger partial charge is 0.478 e. The number of anilines is 2. The van der Waals surface area contributed by atoms with E-state index in [1.807, 2.05) is 66.7 Å². The quantitative estimate of drug-likeness (QED) is 0.116. The van der Waals surface area contributed by atoms with E-state index >= 15 is 0 Å². The number of likely N-dealkylation sites (tertiary alicyclic amines) is 1. The van der Waals surface area contributed by atoms with Gasteiger partial charge in [0.05, 0.1) is 22.5 Å². The molecule has 1 unspecified atom stereocenters. The second-order valence-electron chi connectivity index (χ2n) is 12.8. The van der Waals surface area contributed by atoms with E-state index in [4.69, 9.17) is 23.2 Å². The predicted molar refractivity (Wildman–Crippen MR) is 216 cm³/mol. The van der Waals surface area contributed by atoms with Crippen molar-refractivity contribution in [2.45, 2.75) is 25.8 Å². The van der Waals surface area contributed by atoms with E-state index in [1.165, 1.54) is 18.2 Å². The third-order valence-corrected chi connectivity index (χ3v) is 9.88. The van der Waals surface area contributed by atoms with Crippen molar-refractivity contribution in [3.63, 3.8) is 0 Å². The number of amides is 3. The Hall–Kier alpha value is -5.74. The third kappa shape index (κ3) is 8.89. The van der Waals surface area contributed by atoms with Crippen LogP contribution < -0.4 is 16.0 Å². The molecule has 6 aromatic carbocycles. The summed E-state index contributed by atoms with van der Waals surface area (Å²) in [6, 6.07) is 35.9. The maximum atomic E-state index is 13.1. The number of hydrogen-bond donors (Lipinski definition) is 4. The second kappa shape index (κ2) is 17.4. The Morgan fingerprint density at radius 3 is 1.69 bits per heavy atom. The zero-order chi connectivity index (χ0) is 38.2. The Morgan fingerprint density at radius 2 is 1.15 bits per heavy atom. The molecular weight excluding hydrogens is 723 g/mol. The first kappa shape index (κ1) is 38.0. The van der Waals surface area contributed by atoms with Crippen LogP contribution in [0, 0.1) is 0 Å². The second-order valence-corrected chi connectivity index (χ2v) is 13.7. The van der Waals surface area contributed by atoms with Gasteiger partial charge in [-0.3, -0.25) is 19.3 Å². The van der Waals surface area contributed by atoms with Crippen LogP contribution in [0.5, 0.6) is 0 Å². The van der Waals surface area contributed by atoms with Gasteiger partial charge in [-0.25, -0.2) is 4.79 Å². The smallest absolute Gasteiger partial charge is 0.337 e. The molecular formula is C43H38Cl2N4O5. The molecule has 0 spiro atoms. The molecule has 7 rings (SSSR count). The summed E-state index contributed by atoms with van der Waals surface area (Å²) in [5.74, 6) is -2.02. The van der Waals surface area contributed by atoms with Gasteiger partial charge in [0.25, 0.3) is 17.7 Å². The van der Waals surface area contributed by atoms with Crippen LogP contribution in [0.15, 0.2) is 121 Å². The van der Waals surface area contributed by atoms with Gasteiger partial charge in [-0.05, 0) is 96.0 Å². The number of nitrogens with one attached hydrogen (secondary N) is 3. The molecule has 6 aromatic rings. The van der Waals surface area contributed by atoms with Gasteiger partial charge in [0.1, 0.15) is 0 Å². The molecule has 1 atom stereocenters. The molecule has 1 fully saturated rings. The van der Waals surface area contributed by atoms with Crippen LogP contribution in [-0.2, 0) is 0 Å². The average Bonchev–Trinajstić information content (AvgIpc) is 3.65. The standard InChI is InChI=1S/C25H26ClN3O2.C18H12ClNO3/c1-2-29-14-6-9-19(29)16-27-24(30)22-15-18(26)12-13-23(22)28-25(31)21-11-5-8-17-7-3-4-10-20(17)21;19-12-8-9-16(15(10-12)18(22)23)20-17(21)14-7-3-5-11-4-1-2-6-13(11)14/h3-5,7-8,10-13,15,19H,2,6,9,14,16H2,1H3,(H,27,30)(H,28,31);1-10H,(H,20,21)(H,22,23). The fourth-order valence-corrected chi connectivity index (χ4v) is 7.03. The summed E-state index contributed by atoms with van der Waals surface area (Å²) in [5.41, 5.74) is 2.00.